The van der Waals surface area contributed by atoms with E-state index < -0.39 is 0 Å². The minimum atomic E-state index is -0.294. The van der Waals surface area contributed by atoms with Gasteiger partial charge >= 0.3 is 0 Å². The number of carbonyl (C=O) groups is 1. The molecule has 0 bridgehead atoms. The van der Waals surface area contributed by atoms with Crippen LogP contribution >= 0.6 is 11.8 Å². The lowest BCUT2D eigenvalue weighted by atomic mass is 10.1. The van der Waals surface area contributed by atoms with Crippen LogP contribution < -0.4 is 5.32 Å². The molecule has 1 saturated heterocycles. The number of hydrogen-bond acceptors (Lipinski definition) is 5. The first-order valence-corrected chi connectivity index (χ1v) is 12.7. The van der Waals surface area contributed by atoms with Crippen LogP contribution in [0.5, 0.6) is 0 Å². The topological polar surface area (TPSA) is 63.1 Å². The van der Waals surface area contributed by atoms with Crippen LogP contribution in [0.3, 0.4) is 0 Å². The van der Waals surface area contributed by atoms with Crippen LogP contribution in [0, 0.1) is 0 Å². The number of amides is 1. The number of likely N-dealkylation sites (tertiary alicyclic amines) is 1. The van der Waals surface area contributed by atoms with Crippen LogP contribution in [-0.2, 0) is 24.3 Å². The van der Waals surface area contributed by atoms with E-state index in [1.165, 1.54) is 42.2 Å². The Morgan fingerprint density at radius 3 is 2.39 bits per heavy atom. The Bertz CT molecular complexity index is 1030. The molecule has 174 valence electrons. The first-order valence-electron chi connectivity index (χ1n) is 11.9. The molecule has 0 saturated carbocycles. The third kappa shape index (κ3) is 6.45. The normalized spacial score (nSPS) is 15.3. The van der Waals surface area contributed by atoms with Crippen LogP contribution in [0.4, 0.5) is 5.69 Å². The molecular formula is C26H33N5OS. The van der Waals surface area contributed by atoms with Crippen LogP contribution in [0.1, 0.15) is 50.1 Å². The van der Waals surface area contributed by atoms with Crippen molar-refractivity contribution in [2.24, 2.45) is 0 Å². The predicted molar refractivity (Wildman–Crippen MR) is 134 cm³/mol. The molecule has 0 unspecified atom stereocenters. The minimum Gasteiger partial charge on any atom is -0.325 e. The van der Waals surface area contributed by atoms with Gasteiger partial charge in [-0.25, -0.2) is 0 Å². The summed E-state index contributed by atoms with van der Waals surface area (Å²) in [6.07, 6.45) is 4.77. The standard InChI is InChI=1S/C26H33N5OS/c1-3-21-12-14-23(15-13-21)27-25(32)20(2)33-26-29-28-24(19-30-16-8-5-9-17-30)31(26)18-22-10-6-4-7-11-22/h4,6-7,10-15,20H,3,5,8-9,16-19H2,1-2H3,(H,27,32)/t20-/m1/s1. The van der Waals surface area contributed by atoms with Gasteiger partial charge in [0.1, 0.15) is 5.82 Å². The van der Waals surface area contributed by atoms with E-state index in [9.17, 15) is 4.79 Å². The highest BCUT2D eigenvalue weighted by atomic mass is 32.2. The molecule has 0 spiro atoms. The fourth-order valence-electron chi connectivity index (χ4n) is 4.04. The van der Waals surface area contributed by atoms with Crippen molar-refractivity contribution in [1.82, 2.24) is 19.7 Å². The third-order valence-electron chi connectivity index (χ3n) is 6.07. The molecule has 0 aliphatic carbocycles. The van der Waals surface area contributed by atoms with Gasteiger partial charge in [0.05, 0.1) is 18.3 Å². The van der Waals surface area contributed by atoms with Gasteiger partial charge < -0.3 is 9.88 Å². The molecule has 3 aromatic rings. The highest BCUT2D eigenvalue weighted by Gasteiger charge is 2.22. The van der Waals surface area contributed by atoms with Crippen molar-refractivity contribution in [3.8, 4) is 0 Å². The zero-order chi connectivity index (χ0) is 23.0. The smallest absolute Gasteiger partial charge is 0.237 e. The maximum atomic E-state index is 12.9. The van der Waals surface area contributed by atoms with Gasteiger partial charge in [0.25, 0.3) is 0 Å². The van der Waals surface area contributed by atoms with Crippen LogP contribution in [0.25, 0.3) is 0 Å². The molecule has 7 heteroatoms. The second-order valence-corrected chi connectivity index (χ2v) is 9.92. The molecule has 33 heavy (non-hydrogen) atoms. The number of nitrogens with one attached hydrogen (secondary N) is 1. The summed E-state index contributed by atoms with van der Waals surface area (Å²) in [7, 11) is 0. The molecule has 1 aliphatic rings. The van der Waals surface area contributed by atoms with Crippen molar-refractivity contribution < 1.29 is 4.79 Å². The fraction of sp³-hybridized carbons (Fsp3) is 0.423. The van der Waals surface area contributed by atoms with Gasteiger partial charge in [-0.1, -0.05) is 67.6 Å². The lowest BCUT2D eigenvalue weighted by Crippen LogP contribution is -2.30. The SMILES string of the molecule is CCc1ccc(NC(=O)[C@@H](C)Sc2nnc(CN3CCCCC3)n2Cc2ccccc2)cc1. The zero-order valence-electron chi connectivity index (χ0n) is 19.5. The Morgan fingerprint density at radius 2 is 1.70 bits per heavy atom. The number of rotatable bonds is 9. The van der Waals surface area contributed by atoms with E-state index in [2.05, 4.69) is 68.3 Å². The summed E-state index contributed by atoms with van der Waals surface area (Å²) in [5.74, 6) is 0.933. The summed E-state index contributed by atoms with van der Waals surface area (Å²) in [5, 5.41) is 12.6. The quantitative estimate of drug-likeness (QED) is 0.453. The third-order valence-corrected chi connectivity index (χ3v) is 7.15. The van der Waals surface area contributed by atoms with E-state index in [-0.39, 0.29) is 11.2 Å². The highest BCUT2D eigenvalue weighted by molar-refractivity contribution is 8.00. The molecule has 1 aliphatic heterocycles. The number of hydrogen-bond donors (Lipinski definition) is 1. The monoisotopic (exact) mass is 463 g/mol. The van der Waals surface area contributed by atoms with Crippen molar-refractivity contribution in [2.45, 2.75) is 63.0 Å². The lowest BCUT2D eigenvalue weighted by Gasteiger charge is -2.26. The number of aromatic nitrogens is 3. The molecular weight excluding hydrogens is 430 g/mol. The van der Waals surface area contributed by atoms with Crippen molar-refractivity contribution >= 4 is 23.4 Å². The molecule has 4 rings (SSSR count). The second kappa shape index (κ2) is 11.5. The van der Waals surface area contributed by atoms with Gasteiger partial charge in [-0.2, -0.15) is 0 Å². The first kappa shape index (κ1) is 23.5. The summed E-state index contributed by atoms with van der Waals surface area (Å²) in [5.41, 5.74) is 3.28. The number of anilines is 1. The Balaban J connectivity index is 1.48. The van der Waals surface area contributed by atoms with Gasteiger partial charge in [-0.3, -0.25) is 9.69 Å². The molecule has 1 atom stereocenters. The van der Waals surface area contributed by atoms with Gasteiger partial charge in [-0.15, -0.1) is 10.2 Å². The Labute approximate surface area is 200 Å². The Kier molecular flexibility index (Phi) is 8.18. The number of thioether (sulfide) groups is 1. The maximum absolute atomic E-state index is 12.9. The summed E-state index contributed by atoms with van der Waals surface area (Å²) in [6.45, 7) is 7.76. The van der Waals surface area contributed by atoms with Crippen LogP contribution in [0.2, 0.25) is 0 Å². The van der Waals surface area contributed by atoms with E-state index in [0.717, 1.165) is 42.7 Å². The van der Waals surface area contributed by atoms with E-state index in [1.54, 1.807) is 0 Å². The van der Waals surface area contributed by atoms with Crippen LogP contribution in [-0.4, -0.2) is 43.9 Å². The van der Waals surface area contributed by atoms with Crippen molar-refractivity contribution in [2.75, 3.05) is 18.4 Å². The van der Waals surface area contributed by atoms with E-state index in [1.807, 2.05) is 25.1 Å². The average Bonchev–Trinajstić information content (AvgIpc) is 3.21. The van der Waals surface area contributed by atoms with Crippen molar-refractivity contribution in [1.29, 1.82) is 0 Å². The zero-order valence-corrected chi connectivity index (χ0v) is 20.4. The number of carbonyl (C=O) groups excluding carboxylic acids is 1. The van der Waals surface area contributed by atoms with E-state index in [4.69, 9.17) is 0 Å². The van der Waals surface area contributed by atoms with E-state index in [0.29, 0.717) is 6.54 Å². The molecule has 1 N–H and O–H groups in total. The second-order valence-electron chi connectivity index (χ2n) is 8.61. The number of benzene rings is 2. The number of nitrogens with zero attached hydrogens (tertiary/aromatic N) is 4. The fourth-order valence-corrected chi connectivity index (χ4v) is 4.91. The minimum absolute atomic E-state index is 0.0314. The summed E-state index contributed by atoms with van der Waals surface area (Å²) in [6, 6.07) is 18.4. The largest absolute Gasteiger partial charge is 0.325 e. The number of piperidine rings is 1. The van der Waals surface area contributed by atoms with Gasteiger partial charge in [0, 0.05) is 5.69 Å². The molecule has 6 nitrogen and oxygen atoms in total. The Hall–Kier alpha value is -2.64. The van der Waals surface area contributed by atoms with Gasteiger partial charge in [-0.05, 0) is 62.5 Å². The van der Waals surface area contributed by atoms with Gasteiger partial charge in [0.2, 0.25) is 5.91 Å². The van der Waals surface area contributed by atoms with E-state index >= 15 is 0 Å². The number of aryl methyl sites for hydroxylation is 1. The highest BCUT2D eigenvalue weighted by Crippen LogP contribution is 2.25. The predicted octanol–water partition coefficient (Wildman–Crippen LogP) is 4.99. The average molecular weight is 464 g/mol. The van der Waals surface area contributed by atoms with Gasteiger partial charge in [0.15, 0.2) is 5.16 Å². The summed E-state index contributed by atoms with van der Waals surface area (Å²) in [4.78, 5) is 15.3. The molecule has 1 amide bonds. The van der Waals surface area contributed by atoms with Crippen LogP contribution in [0.15, 0.2) is 59.8 Å². The molecule has 2 aromatic carbocycles. The van der Waals surface area contributed by atoms with Crippen molar-refractivity contribution in [3.05, 3.63) is 71.5 Å². The molecule has 1 aromatic heterocycles. The first-order chi connectivity index (χ1) is 16.1. The van der Waals surface area contributed by atoms with Crippen molar-refractivity contribution in [3.63, 3.8) is 0 Å². The lowest BCUT2D eigenvalue weighted by molar-refractivity contribution is -0.115. The molecule has 0 radical (unpaired) electrons. The summed E-state index contributed by atoms with van der Waals surface area (Å²) >= 11 is 1.47. The molecule has 2 heterocycles. The Morgan fingerprint density at radius 1 is 0.970 bits per heavy atom. The molecule has 1 fully saturated rings. The maximum Gasteiger partial charge on any atom is 0.237 e. The summed E-state index contributed by atoms with van der Waals surface area (Å²) < 4.78 is 2.18.